The van der Waals surface area contributed by atoms with E-state index in [9.17, 15) is 0 Å². The van der Waals surface area contributed by atoms with Crippen molar-refractivity contribution in [2.75, 3.05) is 18.0 Å². The molecule has 3 nitrogen and oxygen atoms in total. The van der Waals surface area contributed by atoms with Crippen LogP contribution in [-0.2, 0) is 6.42 Å². The maximum absolute atomic E-state index is 6.06. The number of anilines is 1. The molecule has 0 saturated carbocycles. The van der Waals surface area contributed by atoms with Gasteiger partial charge in [0, 0.05) is 18.8 Å². The molecular formula is C14H21N3. The van der Waals surface area contributed by atoms with Crippen molar-refractivity contribution >= 4 is 11.6 Å². The molecule has 1 aromatic rings. The molecule has 2 rings (SSSR count). The summed E-state index contributed by atoms with van der Waals surface area (Å²) in [5.41, 5.74) is 10.0. The average molecular weight is 231 g/mol. The minimum atomic E-state index is 0.664. The first-order chi connectivity index (χ1) is 8.22. The Morgan fingerprint density at radius 2 is 2.29 bits per heavy atom. The Hall–Kier alpha value is -1.51. The molecule has 1 aliphatic rings. The quantitative estimate of drug-likeness (QED) is 0.627. The van der Waals surface area contributed by atoms with Gasteiger partial charge in [0.2, 0.25) is 0 Å². The number of fused-ring (bicyclic) bond motifs is 1. The van der Waals surface area contributed by atoms with E-state index in [0.717, 1.165) is 32.4 Å². The van der Waals surface area contributed by atoms with Gasteiger partial charge in [0.15, 0.2) is 5.96 Å². The Labute approximate surface area is 103 Å². The van der Waals surface area contributed by atoms with Crippen LogP contribution in [0.5, 0.6) is 0 Å². The zero-order valence-corrected chi connectivity index (χ0v) is 10.7. The molecule has 1 aromatic carbocycles. The van der Waals surface area contributed by atoms with Crippen LogP contribution < -0.4 is 10.6 Å². The van der Waals surface area contributed by atoms with E-state index in [-0.39, 0.29) is 0 Å². The SMILES string of the molecule is CCCN=C(N)N1CCCc2cc(C)ccc21. The molecule has 0 aromatic heterocycles. The van der Waals surface area contributed by atoms with Crippen LogP contribution in [0.3, 0.4) is 0 Å². The number of guanidine groups is 1. The molecule has 0 spiro atoms. The Morgan fingerprint density at radius 3 is 3.06 bits per heavy atom. The number of aliphatic imine (C=N–C) groups is 1. The molecule has 3 heteroatoms. The molecule has 0 fully saturated rings. The Bertz CT molecular complexity index is 423. The molecule has 0 amide bonds. The van der Waals surface area contributed by atoms with Crippen molar-refractivity contribution in [2.45, 2.75) is 33.1 Å². The number of rotatable bonds is 2. The predicted octanol–water partition coefficient (Wildman–Crippen LogP) is 2.47. The highest BCUT2D eigenvalue weighted by molar-refractivity contribution is 5.96. The third-order valence-corrected chi connectivity index (χ3v) is 3.13. The molecule has 1 heterocycles. The molecule has 17 heavy (non-hydrogen) atoms. The number of benzene rings is 1. The van der Waals surface area contributed by atoms with Crippen LogP contribution >= 0.6 is 0 Å². The van der Waals surface area contributed by atoms with E-state index >= 15 is 0 Å². The lowest BCUT2D eigenvalue weighted by Gasteiger charge is -2.30. The van der Waals surface area contributed by atoms with Crippen LogP contribution in [0.25, 0.3) is 0 Å². The molecule has 0 aliphatic carbocycles. The molecule has 2 N–H and O–H groups in total. The lowest BCUT2D eigenvalue weighted by Crippen LogP contribution is -2.41. The minimum Gasteiger partial charge on any atom is -0.370 e. The summed E-state index contributed by atoms with van der Waals surface area (Å²) in [5.74, 6) is 0.664. The Balaban J connectivity index is 2.28. The van der Waals surface area contributed by atoms with Crippen molar-refractivity contribution in [1.29, 1.82) is 0 Å². The smallest absolute Gasteiger partial charge is 0.195 e. The predicted molar refractivity (Wildman–Crippen MR) is 73.6 cm³/mol. The average Bonchev–Trinajstić information content (AvgIpc) is 2.34. The summed E-state index contributed by atoms with van der Waals surface area (Å²) in [6, 6.07) is 6.57. The highest BCUT2D eigenvalue weighted by Gasteiger charge is 2.18. The fraction of sp³-hybridized carbons (Fsp3) is 0.500. The first-order valence-corrected chi connectivity index (χ1v) is 6.39. The Morgan fingerprint density at radius 1 is 1.47 bits per heavy atom. The second kappa shape index (κ2) is 5.21. The second-order valence-corrected chi connectivity index (χ2v) is 4.63. The number of nitrogens with zero attached hydrogens (tertiary/aromatic N) is 2. The Kier molecular flexibility index (Phi) is 3.67. The van der Waals surface area contributed by atoms with Crippen molar-refractivity contribution in [1.82, 2.24) is 0 Å². The number of hydrogen-bond donors (Lipinski definition) is 1. The number of aryl methyl sites for hydroxylation is 2. The largest absolute Gasteiger partial charge is 0.370 e. The van der Waals surface area contributed by atoms with Gasteiger partial charge in [-0.3, -0.25) is 4.99 Å². The van der Waals surface area contributed by atoms with Crippen molar-refractivity contribution in [3.63, 3.8) is 0 Å². The monoisotopic (exact) mass is 231 g/mol. The van der Waals surface area contributed by atoms with Gasteiger partial charge in [0.05, 0.1) is 0 Å². The van der Waals surface area contributed by atoms with E-state index in [1.807, 2.05) is 0 Å². The first-order valence-electron chi connectivity index (χ1n) is 6.39. The zero-order chi connectivity index (χ0) is 12.3. The van der Waals surface area contributed by atoms with E-state index in [2.05, 4.69) is 41.9 Å². The summed E-state index contributed by atoms with van der Waals surface area (Å²) >= 11 is 0. The summed E-state index contributed by atoms with van der Waals surface area (Å²) in [4.78, 5) is 6.55. The number of hydrogen-bond acceptors (Lipinski definition) is 1. The van der Waals surface area contributed by atoms with Gasteiger partial charge >= 0.3 is 0 Å². The van der Waals surface area contributed by atoms with E-state index in [0.29, 0.717) is 5.96 Å². The van der Waals surface area contributed by atoms with Gasteiger partial charge in [0.1, 0.15) is 0 Å². The van der Waals surface area contributed by atoms with Gasteiger partial charge in [-0.1, -0.05) is 24.6 Å². The first kappa shape index (κ1) is 12.0. The fourth-order valence-corrected chi connectivity index (χ4v) is 2.28. The summed E-state index contributed by atoms with van der Waals surface area (Å²) in [6.45, 7) is 6.04. The molecule has 92 valence electrons. The standard InChI is InChI=1S/C14H21N3/c1-3-8-16-14(15)17-9-4-5-12-10-11(2)6-7-13(12)17/h6-7,10H,3-5,8-9H2,1-2H3,(H2,15,16). The van der Waals surface area contributed by atoms with Gasteiger partial charge in [-0.25, -0.2) is 0 Å². The van der Waals surface area contributed by atoms with Crippen molar-refractivity contribution in [3.05, 3.63) is 29.3 Å². The molecule has 0 unspecified atom stereocenters. The molecule has 0 bridgehead atoms. The van der Waals surface area contributed by atoms with Crippen molar-refractivity contribution in [2.24, 2.45) is 10.7 Å². The van der Waals surface area contributed by atoms with Gasteiger partial charge in [-0.05, 0) is 37.8 Å². The lowest BCUT2D eigenvalue weighted by atomic mass is 10.00. The highest BCUT2D eigenvalue weighted by Crippen LogP contribution is 2.27. The molecule has 1 aliphatic heterocycles. The van der Waals surface area contributed by atoms with E-state index < -0.39 is 0 Å². The van der Waals surface area contributed by atoms with Gasteiger partial charge in [0.25, 0.3) is 0 Å². The van der Waals surface area contributed by atoms with Crippen LogP contribution in [0.15, 0.2) is 23.2 Å². The normalized spacial score (nSPS) is 15.9. The summed E-state index contributed by atoms with van der Waals surface area (Å²) in [6.07, 6.45) is 3.34. The summed E-state index contributed by atoms with van der Waals surface area (Å²) < 4.78 is 0. The van der Waals surface area contributed by atoms with Crippen molar-refractivity contribution < 1.29 is 0 Å². The highest BCUT2D eigenvalue weighted by atomic mass is 15.3. The minimum absolute atomic E-state index is 0.664. The topological polar surface area (TPSA) is 41.6 Å². The van der Waals surface area contributed by atoms with Crippen LogP contribution in [-0.4, -0.2) is 19.0 Å². The zero-order valence-electron chi connectivity index (χ0n) is 10.7. The number of nitrogens with two attached hydrogens (primary N) is 1. The van der Waals surface area contributed by atoms with Gasteiger partial charge in [-0.2, -0.15) is 0 Å². The molecule has 0 saturated heterocycles. The third-order valence-electron chi connectivity index (χ3n) is 3.13. The molecular weight excluding hydrogens is 210 g/mol. The van der Waals surface area contributed by atoms with E-state index in [4.69, 9.17) is 5.73 Å². The molecule has 0 atom stereocenters. The van der Waals surface area contributed by atoms with Crippen LogP contribution in [0, 0.1) is 6.92 Å². The van der Waals surface area contributed by atoms with Crippen LogP contribution in [0.1, 0.15) is 30.9 Å². The maximum atomic E-state index is 6.06. The maximum Gasteiger partial charge on any atom is 0.195 e. The summed E-state index contributed by atoms with van der Waals surface area (Å²) in [7, 11) is 0. The third kappa shape index (κ3) is 2.60. The van der Waals surface area contributed by atoms with E-state index in [1.165, 1.54) is 16.8 Å². The van der Waals surface area contributed by atoms with Crippen LogP contribution in [0.4, 0.5) is 5.69 Å². The van der Waals surface area contributed by atoms with E-state index in [1.54, 1.807) is 0 Å². The van der Waals surface area contributed by atoms with Gasteiger partial charge in [-0.15, -0.1) is 0 Å². The second-order valence-electron chi connectivity index (χ2n) is 4.63. The lowest BCUT2D eigenvalue weighted by molar-refractivity contribution is 0.770. The fourth-order valence-electron chi connectivity index (χ4n) is 2.28. The van der Waals surface area contributed by atoms with Crippen LogP contribution in [0.2, 0.25) is 0 Å². The molecule has 0 radical (unpaired) electrons. The van der Waals surface area contributed by atoms with Crippen molar-refractivity contribution in [3.8, 4) is 0 Å². The van der Waals surface area contributed by atoms with Gasteiger partial charge < -0.3 is 10.6 Å². The summed E-state index contributed by atoms with van der Waals surface area (Å²) in [5, 5.41) is 0.